The van der Waals surface area contributed by atoms with Gasteiger partial charge in [0.15, 0.2) is 0 Å². The van der Waals surface area contributed by atoms with Crippen LogP contribution >= 0.6 is 0 Å². The molecule has 0 aliphatic heterocycles. The first-order valence-electron chi connectivity index (χ1n) is 3.00. The fourth-order valence-electron chi connectivity index (χ4n) is 0. The van der Waals surface area contributed by atoms with Crippen LogP contribution in [-0.4, -0.2) is 8.80 Å². The minimum atomic E-state index is 0. The van der Waals surface area contributed by atoms with Crippen LogP contribution in [0.3, 0.4) is 0 Å². The third-order valence-electron chi connectivity index (χ3n) is 0. The van der Waals surface area contributed by atoms with E-state index in [-0.39, 0.29) is 41.5 Å². The van der Waals surface area contributed by atoms with Crippen LogP contribution in [0.4, 0.5) is 0 Å². The Bertz CT molecular complexity index is 24.4. The molecule has 0 fully saturated rings. The van der Waals surface area contributed by atoms with Gasteiger partial charge in [-0.2, -0.15) is 20.8 Å². The predicted molar refractivity (Wildman–Crippen MR) is 43.6 cm³/mol. The maximum absolute atomic E-state index is 2.27. The summed E-state index contributed by atoms with van der Waals surface area (Å²) in [6, 6.07) is 0. The molecule has 54 valence electrons. The molecule has 0 atom stereocenters. The van der Waals surface area contributed by atoms with E-state index in [1.807, 2.05) is 0 Å². The van der Waals surface area contributed by atoms with E-state index in [0.717, 1.165) is 0 Å². The van der Waals surface area contributed by atoms with Crippen molar-refractivity contribution in [2.45, 2.75) is 40.4 Å². The Morgan fingerprint density at radius 1 is 0.889 bits per heavy atom. The van der Waals surface area contributed by atoms with Crippen LogP contribution in [-0.2, 0) is 32.7 Å². The van der Waals surface area contributed by atoms with Gasteiger partial charge in [-0.3, -0.25) is 0 Å². The van der Waals surface area contributed by atoms with Crippen LogP contribution < -0.4 is 0 Å². The summed E-state index contributed by atoms with van der Waals surface area (Å²) in [7, 11) is 0.120. The fraction of sp³-hybridized carbons (Fsp3) is 0.857. The molecule has 2 heteroatoms. The van der Waals surface area contributed by atoms with Crippen molar-refractivity contribution in [3.05, 3.63) is 5.92 Å². The van der Waals surface area contributed by atoms with Crippen LogP contribution in [0.5, 0.6) is 0 Å². The second-order valence-electron chi connectivity index (χ2n) is 3.00. The van der Waals surface area contributed by atoms with Gasteiger partial charge in [0.2, 0.25) is 0 Å². The van der Waals surface area contributed by atoms with E-state index in [1.54, 1.807) is 0 Å². The van der Waals surface area contributed by atoms with Crippen molar-refractivity contribution in [1.29, 1.82) is 0 Å². The summed E-state index contributed by atoms with van der Waals surface area (Å²) in [4.78, 5) is 0. The van der Waals surface area contributed by atoms with Crippen molar-refractivity contribution in [3.8, 4) is 0 Å². The minimum Gasteiger partial charge on any atom is -0.323 e. The van der Waals surface area contributed by atoms with Gasteiger partial charge in [0.25, 0.3) is 0 Å². The fourth-order valence-corrected chi connectivity index (χ4v) is 0. The van der Waals surface area contributed by atoms with Crippen LogP contribution in [0.1, 0.15) is 20.8 Å². The van der Waals surface area contributed by atoms with E-state index in [9.17, 15) is 0 Å². The van der Waals surface area contributed by atoms with E-state index in [4.69, 9.17) is 0 Å². The molecule has 0 bridgehead atoms. The smallest absolute Gasteiger partial charge is 0.0379 e. The van der Waals surface area contributed by atoms with Crippen molar-refractivity contribution in [2.75, 3.05) is 0 Å². The van der Waals surface area contributed by atoms with Gasteiger partial charge in [0.05, 0.1) is 0 Å². The Labute approximate surface area is 87.3 Å². The first-order chi connectivity index (χ1) is 3.46. The average molecular weight is 219 g/mol. The summed E-state index contributed by atoms with van der Waals surface area (Å²) in [6.07, 6.45) is 0. The van der Waals surface area contributed by atoms with Gasteiger partial charge >= 0.3 is 0 Å². The third-order valence-corrected chi connectivity index (χ3v) is 0. The number of hydrogen-bond acceptors (Lipinski definition) is 0. The maximum Gasteiger partial charge on any atom is 0.0379 e. The molecule has 0 N–H and O–H groups in total. The molecule has 0 nitrogen and oxygen atoms in total. The Morgan fingerprint density at radius 2 is 0.889 bits per heavy atom. The predicted octanol–water partition coefficient (Wildman–Crippen LogP) is 2.99. The molecule has 2 radical (unpaired) electrons. The largest absolute Gasteiger partial charge is 0.323 e. The van der Waals surface area contributed by atoms with E-state index < -0.39 is 0 Å². The second kappa shape index (κ2) is 12.0. The van der Waals surface area contributed by atoms with E-state index in [0.29, 0.717) is 0 Å². The van der Waals surface area contributed by atoms with Crippen LogP contribution in [0.2, 0.25) is 19.6 Å². The van der Waals surface area contributed by atoms with Crippen LogP contribution in [0.15, 0.2) is 0 Å². The van der Waals surface area contributed by atoms with Gasteiger partial charge in [0, 0.05) is 41.5 Å². The molecule has 9 heavy (non-hydrogen) atoms. The molecule has 0 aromatic carbocycles. The SMILES string of the molecule is C[C-](C)C.C[Si](C)C.[Y]. The van der Waals surface area contributed by atoms with Crippen molar-refractivity contribution >= 4 is 8.80 Å². The van der Waals surface area contributed by atoms with Crippen molar-refractivity contribution in [1.82, 2.24) is 0 Å². The zero-order chi connectivity index (χ0) is 7.15. The molecule has 0 aromatic heterocycles. The minimum absolute atomic E-state index is 0. The first kappa shape index (κ1) is 16.7. The van der Waals surface area contributed by atoms with E-state index in [2.05, 4.69) is 40.4 Å². The summed E-state index contributed by atoms with van der Waals surface area (Å²) >= 11 is 0. The van der Waals surface area contributed by atoms with Crippen molar-refractivity contribution < 1.29 is 32.7 Å². The molecule has 0 aliphatic rings. The molecule has 0 saturated heterocycles. The first-order valence-corrected chi connectivity index (χ1v) is 6.00. The number of rotatable bonds is 0. The Hall–Kier alpha value is 1.32. The molecule has 0 spiro atoms. The van der Waals surface area contributed by atoms with Crippen molar-refractivity contribution in [2.24, 2.45) is 0 Å². The Morgan fingerprint density at radius 3 is 0.889 bits per heavy atom. The monoisotopic (exact) mass is 219 g/mol. The van der Waals surface area contributed by atoms with Gasteiger partial charge < -0.3 is 5.92 Å². The zero-order valence-electron chi connectivity index (χ0n) is 7.58. The molecule has 0 amide bonds. The molecule has 0 saturated carbocycles. The zero-order valence-corrected chi connectivity index (χ0v) is 11.4. The third kappa shape index (κ3) is 286. The molecular formula is C7H18SiY-. The topological polar surface area (TPSA) is 0 Å². The van der Waals surface area contributed by atoms with Gasteiger partial charge in [-0.05, 0) is 0 Å². The quantitative estimate of drug-likeness (QED) is 0.434. The summed E-state index contributed by atoms with van der Waals surface area (Å²) in [6.45, 7) is 13.1. The van der Waals surface area contributed by atoms with Gasteiger partial charge in [-0.25, -0.2) is 0 Å². The van der Waals surface area contributed by atoms with E-state index >= 15 is 0 Å². The second-order valence-corrected chi connectivity index (χ2v) is 6.00. The molecule has 0 unspecified atom stereocenters. The molecule has 0 rings (SSSR count). The normalized spacial score (nSPS) is 8.00. The molecular weight excluding hydrogens is 201 g/mol. The summed E-state index contributed by atoms with van der Waals surface area (Å²) < 4.78 is 0. The maximum atomic E-state index is 2.27. The van der Waals surface area contributed by atoms with Gasteiger partial charge in [-0.15, -0.1) is 0 Å². The van der Waals surface area contributed by atoms with Crippen molar-refractivity contribution in [3.63, 3.8) is 0 Å². The van der Waals surface area contributed by atoms with Gasteiger partial charge in [0.1, 0.15) is 0 Å². The molecule has 0 aliphatic carbocycles. The summed E-state index contributed by atoms with van der Waals surface area (Å²) in [5, 5.41) is 0. The Kier molecular flexibility index (Phi) is 22.4. The standard InChI is InChI=1S/C4H9.C3H9Si.Y/c2*1-4(2)3;/h2*1-3H3;/q-1;;. The van der Waals surface area contributed by atoms with Crippen LogP contribution in [0, 0.1) is 5.92 Å². The average Bonchev–Trinajstić information content (AvgIpc) is 1.25. The van der Waals surface area contributed by atoms with E-state index in [1.165, 1.54) is 5.92 Å². The van der Waals surface area contributed by atoms with Crippen LogP contribution in [0.25, 0.3) is 0 Å². The molecule has 0 aromatic rings. The molecule has 0 heterocycles. The van der Waals surface area contributed by atoms with Gasteiger partial charge in [-0.1, -0.05) is 19.6 Å². The summed E-state index contributed by atoms with van der Waals surface area (Å²) in [5.74, 6) is 1.42. The Balaban J connectivity index is -0.0000000720. The summed E-state index contributed by atoms with van der Waals surface area (Å²) in [5.41, 5.74) is 0. The number of hydrogen-bond donors (Lipinski definition) is 0.